The summed E-state index contributed by atoms with van der Waals surface area (Å²) in [4.78, 5) is 2.61. The molecule has 0 amide bonds. The van der Waals surface area contributed by atoms with E-state index in [9.17, 15) is 0 Å². The fourth-order valence-corrected chi connectivity index (χ4v) is 3.08. The molecule has 0 aromatic heterocycles. The van der Waals surface area contributed by atoms with Crippen LogP contribution in [-0.4, -0.2) is 25.7 Å². The Hall–Kier alpha value is -1.02. The monoisotopic (exact) mass is 244 g/mol. The van der Waals surface area contributed by atoms with Crippen molar-refractivity contribution in [1.82, 2.24) is 5.32 Å². The first-order valence-electron chi connectivity index (χ1n) is 7.14. The van der Waals surface area contributed by atoms with Crippen LogP contribution in [0.1, 0.15) is 30.9 Å². The number of anilines is 1. The van der Waals surface area contributed by atoms with Gasteiger partial charge in [-0.05, 0) is 50.8 Å². The van der Waals surface area contributed by atoms with E-state index in [-0.39, 0.29) is 0 Å². The molecule has 2 aliphatic rings. The zero-order valence-corrected chi connectivity index (χ0v) is 11.8. The van der Waals surface area contributed by atoms with E-state index in [1.54, 1.807) is 0 Å². The van der Waals surface area contributed by atoms with Gasteiger partial charge in [0.05, 0.1) is 0 Å². The quantitative estimate of drug-likeness (QED) is 0.817. The lowest BCUT2D eigenvalue weighted by atomic mass is 10.0. The summed E-state index contributed by atoms with van der Waals surface area (Å²) in [5.74, 6) is 0. The molecule has 18 heavy (non-hydrogen) atoms. The number of benzene rings is 1. The van der Waals surface area contributed by atoms with Crippen LogP contribution in [0.25, 0.3) is 0 Å². The predicted molar refractivity (Wildman–Crippen MR) is 77.3 cm³/mol. The average molecular weight is 244 g/mol. The van der Waals surface area contributed by atoms with Crippen LogP contribution < -0.4 is 10.2 Å². The summed E-state index contributed by atoms with van der Waals surface area (Å²) < 4.78 is 0. The molecule has 1 unspecified atom stereocenters. The molecule has 2 nitrogen and oxygen atoms in total. The summed E-state index contributed by atoms with van der Waals surface area (Å²) >= 11 is 0. The molecular weight excluding hydrogens is 220 g/mol. The van der Waals surface area contributed by atoms with Gasteiger partial charge in [0.2, 0.25) is 0 Å². The molecule has 2 fully saturated rings. The molecule has 1 spiro atoms. The lowest BCUT2D eigenvalue weighted by molar-refractivity contribution is 0.479. The summed E-state index contributed by atoms with van der Waals surface area (Å²) in [5, 5.41) is 3.69. The number of hydrogen-bond acceptors (Lipinski definition) is 2. The highest BCUT2D eigenvalue weighted by molar-refractivity contribution is 5.56. The molecule has 1 saturated carbocycles. The van der Waals surface area contributed by atoms with Crippen LogP contribution in [0.15, 0.2) is 18.2 Å². The molecule has 1 saturated heterocycles. The number of rotatable bonds is 1. The van der Waals surface area contributed by atoms with E-state index >= 15 is 0 Å². The van der Waals surface area contributed by atoms with E-state index in [2.05, 4.69) is 49.2 Å². The van der Waals surface area contributed by atoms with Crippen LogP contribution in [0, 0.1) is 19.3 Å². The first kappa shape index (κ1) is 12.0. The second-order valence-electron chi connectivity index (χ2n) is 6.38. The van der Waals surface area contributed by atoms with E-state index in [0.29, 0.717) is 11.5 Å². The summed E-state index contributed by atoms with van der Waals surface area (Å²) in [6.45, 7) is 10.3. The van der Waals surface area contributed by atoms with Gasteiger partial charge in [-0.2, -0.15) is 0 Å². The molecular formula is C16H24N2. The normalized spacial score (nSPS) is 26.2. The Bertz CT molecular complexity index is 448. The van der Waals surface area contributed by atoms with Crippen LogP contribution in [0.3, 0.4) is 0 Å². The Balaban J connectivity index is 1.91. The average Bonchev–Trinajstić information content (AvgIpc) is 3.12. The minimum Gasteiger partial charge on any atom is -0.369 e. The van der Waals surface area contributed by atoms with Gasteiger partial charge >= 0.3 is 0 Å². The van der Waals surface area contributed by atoms with E-state index in [1.165, 1.54) is 42.7 Å². The van der Waals surface area contributed by atoms with Crippen LogP contribution in [0.2, 0.25) is 0 Å². The van der Waals surface area contributed by atoms with Crippen molar-refractivity contribution in [1.29, 1.82) is 0 Å². The number of hydrogen-bond donors (Lipinski definition) is 1. The maximum atomic E-state index is 3.69. The molecule has 1 heterocycles. The molecule has 1 aromatic rings. The lowest BCUT2D eigenvalue weighted by Gasteiger charge is -2.29. The van der Waals surface area contributed by atoms with Gasteiger partial charge in [0.15, 0.2) is 0 Å². The molecule has 1 aliphatic heterocycles. The van der Waals surface area contributed by atoms with Crippen molar-refractivity contribution in [3.63, 3.8) is 0 Å². The van der Waals surface area contributed by atoms with E-state index in [4.69, 9.17) is 0 Å². The van der Waals surface area contributed by atoms with Crippen LogP contribution in [0.4, 0.5) is 5.69 Å². The maximum absolute atomic E-state index is 3.69. The third kappa shape index (κ3) is 2.14. The van der Waals surface area contributed by atoms with Crippen molar-refractivity contribution >= 4 is 5.69 Å². The van der Waals surface area contributed by atoms with Gasteiger partial charge in [-0.3, -0.25) is 0 Å². The fourth-order valence-electron chi connectivity index (χ4n) is 3.08. The zero-order valence-electron chi connectivity index (χ0n) is 11.8. The van der Waals surface area contributed by atoms with Gasteiger partial charge < -0.3 is 10.2 Å². The van der Waals surface area contributed by atoms with Crippen LogP contribution in [0.5, 0.6) is 0 Å². The van der Waals surface area contributed by atoms with Crippen LogP contribution >= 0.6 is 0 Å². The van der Waals surface area contributed by atoms with Crippen molar-refractivity contribution in [2.24, 2.45) is 5.41 Å². The Labute approximate surface area is 110 Å². The highest BCUT2D eigenvalue weighted by Crippen LogP contribution is 2.47. The molecule has 1 aliphatic carbocycles. The number of aryl methyl sites for hydroxylation is 1. The molecule has 0 bridgehead atoms. The molecule has 3 rings (SSSR count). The Morgan fingerprint density at radius 2 is 2.06 bits per heavy atom. The van der Waals surface area contributed by atoms with Crippen LogP contribution in [-0.2, 0) is 0 Å². The van der Waals surface area contributed by atoms with Gasteiger partial charge in [0.1, 0.15) is 0 Å². The highest BCUT2D eigenvalue weighted by Gasteiger charge is 2.45. The third-order valence-corrected chi connectivity index (χ3v) is 4.72. The van der Waals surface area contributed by atoms with Gasteiger partial charge in [-0.25, -0.2) is 0 Å². The lowest BCUT2D eigenvalue weighted by Crippen LogP contribution is -2.35. The van der Waals surface area contributed by atoms with Gasteiger partial charge in [0, 0.05) is 36.8 Å². The number of nitrogens with one attached hydrogen (secondary N) is 1. The molecule has 1 aromatic carbocycles. The first-order chi connectivity index (χ1) is 8.60. The third-order valence-electron chi connectivity index (χ3n) is 4.72. The van der Waals surface area contributed by atoms with Gasteiger partial charge in [-0.15, -0.1) is 0 Å². The smallest absolute Gasteiger partial charge is 0.0399 e. The maximum Gasteiger partial charge on any atom is 0.0399 e. The summed E-state index contributed by atoms with van der Waals surface area (Å²) in [6, 6.07) is 7.28. The Kier molecular flexibility index (Phi) is 2.86. The predicted octanol–water partition coefficient (Wildman–Crippen LogP) is 2.88. The second kappa shape index (κ2) is 4.27. The van der Waals surface area contributed by atoms with E-state index in [1.807, 2.05) is 0 Å². The highest BCUT2D eigenvalue weighted by atomic mass is 15.2. The number of nitrogens with zero attached hydrogens (tertiary/aromatic N) is 1. The minimum absolute atomic E-state index is 0.570. The van der Waals surface area contributed by atoms with Crippen molar-refractivity contribution in [2.75, 3.05) is 24.5 Å². The summed E-state index contributed by atoms with van der Waals surface area (Å²) in [5.41, 5.74) is 4.86. The molecule has 2 heteroatoms. The van der Waals surface area contributed by atoms with E-state index < -0.39 is 0 Å². The molecule has 1 atom stereocenters. The van der Waals surface area contributed by atoms with Gasteiger partial charge in [-0.1, -0.05) is 12.1 Å². The van der Waals surface area contributed by atoms with E-state index in [0.717, 1.165) is 6.54 Å². The second-order valence-corrected chi connectivity index (χ2v) is 6.38. The summed E-state index contributed by atoms with van der Waals surface area (Å²) in [6.07, 6.45) is 2.79. The fraction of sp³-hybridized carbons (Fsp3) is 0.625. The molecule has 1 N–H and O–H groups in total. The minimum atomic E-state index is 0.570. The SMILES string of the molecule is Cc1cccc(N2CC(C)NCC3(CC3)C2)c1C. The van der Waals surface area contributed by atoms with Crippen molar-refractivity contribution in [3.8, 4) is 0 Å². The summed E-state index contributed by atoms with van der Waals surface area (Å²) in [7, 11) is 0. The topological polar surface area (TPSA) is 15.3 Å². The van der Waals surface area contributed by atoms with Gasteiger partial charge in [0.25, 0.3) is 0 Å². The standard InChI is InChI=1S/C16H24N2/c1-12-5-4-6-15(14(12)3)18-9-13(2)17-10-16(11-18)7-8-16/h4-6,13,17H,7-11H2,1-3H3. The zero-order chi connectivity index (χ0) is 12.8. The van der Waals surface area contributed by atoms with Crippen molar-refractivity contribution in [3.05, 3.63) is 29.3 Å². The molecule has 98 valence electrons. The Morgan fingerprint density at radius 1 is 1.28 bits per heavy atom. The molecule has 0 radical (unpaired) electrons. The first-order valence-corrected chi connectivity index (χ1v) is 7.14. The largest absolute Gasteiger partial charge is 0.369 e. The Morgan fingerprint density at radius 3 is 2.78 bits per heavy atom. The van der Waals surface area contributed by atoms with Crippen molar-refractivity contribution < 1.29 is 0 Å². The van der Waals surface area contributed by atoms with Crippen molar-refractivity contribution in [2.45, 2.75) is 39.7 Å².